The highest BCUT2D eigenvalue weighted by atomic mass is 16.5. The van der Waals surface area contributed by atoms with Gasteiger partial charge in [-0.1, -0.05) is 0 Å². The summed E-state index contributed by atoms with van der Waals surface area (Å²) in [6, 6.07) is 6.68. The fourth-order valence-corrected chi connectivity index (χ4v) is 4.30. The Balaban J connectivity index is 1.61. The highest BCUT2D eigenvalue weighted by Crippen LogP contribution is 2.33. The molecule has 3 aliphatic rings. The molecule has 3 atom stereocenters. The molecule has 4 rings (SSSR count). The number of ether oxygens (including phenoxy) is 2. The number of carbonyl (C=O) groups excluding carboxylic acids is 3. The van der Waals surface area contributed by atoms with E-state index in [2.05, 4.69) is 19.9 Å². The molecular formula is C19H25N5O5. The first-order valence-electron chi connectivity index (χ1n) is 9.53. The molecule has 1 N–H and O–H groups in total. The normalized spacial score (nSPS) is 27.0. The fourth-order valence-electron chi connectivity index (χ4n) is 4.30. The first kappa shape index (κ1) is 19.5. The Bertz CT molecular complexity index is 816. The second-order valence-electron chi connectivity index (χ2n) is 7.31. The minimum absolute atomic E-state index is 0.232. The number of nitrogens with zero attached hydrogens (tertiary/aromatic N) is 4. The SMILES string of the molecule is COC(=O)CN1C(=O)C2C(NC3N(c4ccc(OC)cc4)CCCN23)N(C)C1=O. The zero-order chi connectivity index (χ0) is 20.7. The lowest BCUT2D eigenvalue weighted by atomic mass is 10.1. The summed E-state index contributed by atoms with van der Waals surface area (Å²) in [5.74, 6) is -0.232. The van der Waals surface area contributed by atoms with Crippen LogP contribution in [0.1, 0.15) is 6.42 Å². The molecule has 10 heteroatoms. The predicted octanol–water partition coefficient (Wildman–Crippen LogP) is -0.144. The number of fused-ring (bicyclic) bond motifs is 3. The molecule has 3 fully saturated rings. The molecule has 0 bridgehead atoms. The third-order valence-electron chi connectivity index (χ3n) is 5.79. The van der Waals surface area contributed by atoms with Crippen molar-refractivity contribution in [1.82, 2.24) is 20.0 Å². The maximum Gasteiger partial charge on any atom is 0.328 e. The summed E-state index contributed by atoms with van der Waals surface area (Å²) >= 11 is 0. The van der Waals surface area contributed by atoms with Crippen molar-refractivity contribution in [2.75, 3.05) is 45.8 Å². The van der Waals surface area contributed by atoms with Crippen LogP contribution < -0.4 is 15.0 Å². The number of carbonyl (C=O) groups is 3. The summed E-state index contributed by atoms with van der Waals surface area (Å²) in [6.07, 6.45) is 0.173. The zero-order valence-corrected chi connectivity index (χ0v) is 16.7. The standard InChI is InChI=1S/C19H25N5O5/c1-21-16-15(17(26)24(19(21)27)11-14(25)29-3)23-10-4-9-22(18(23)20-16)12-5-7-13(28-2)8-6-12/h5-8,15-16,18,20H,4,9-11H2,1-3H3. The monoisotopic (exact) mass is 403 g/mol. The van der Waals surface area contributed by atoms with Crippen LogP contribution in [0.25, 0.3) is 0 Å². The van der Waals surface area contributed by atoms with Crippen LogP contribution in [0, 0.1) is 0 Å². The van der Waals surface area contributed by atoms with Gasteiger partial charge < -0.3 is 19.3 Å². The van der Waals surface area contributed by atoms with E-state index in [0.29, 0.717) is 6.54 Å². The number of nitrogens with one attached hydrogen (secondary N) is 1. The maximum absolute atomic E-state index is 13.1. The Labute approximate surface area is 168 Å². The number of likely N-dealkylation sites (N-methyl/N-ethyl adjacent to an activating group) is 1. The van der Waals surface area contributed by atoms with Crippen molar-refractivity contribution in [2.24, 2.45) is 0 Å². The van der Waals surface area contributed by atoms with Crippen molar-refractivity contribution < 1.29 is 23.9 Å². The van der Waals surface area contributed by atoms with Gasteiger partial charge in [0.2, 0.25) is 0 Å². The van der Waals surface area contributed by atoms with Gasteiger partial charge >= 0.3 is 12.0 Å². The smallest absolute Gasteiger partial charge is 0.328 e. The molecule has 3 heterocycles. The molecule has 3 aliphatic heterocycles. The average Bonchev–Trinajstić information content (AvgIpc) is 3.15. The van der Waals surface area contributed by atoms with E-state index in [1.807, 2.05) is 24.3 Å². The van der Waals surface area contributed by atoms with E-state index in [-0.39, 0.29) is 18.7 Å². The molecule has 156 valence electrons. The number of amides is 3. The average molecular weight is 403 g/mol. The number of methoxy groups -OCH3 is 2. The van der Waals surface area contributed by atoms with Crippen LogP contribution in [-0.2, 0) is 14.3 Å². The number of urea groups is 1. The third-order valence-corrected chi connectivity index (χ3v) is 5.79. The number of hydrogen-bond donors (Lipinski definition) is 1. The lowest BCUT2D eigenvalue weighted by Gasteiger charge is -2.43. The summed E-state index contributed by atoms with van der Waals surface area (Å²) in [7, 11) is 4.50. The molecule has 3 amide bonds. The van der Waals surface area contributed by atoms with Crippen LogP contribution in [0.15, 0.2) is 24.3 Å². The van der Waals surface area contributed by atoms with Crippen LogP contribution in [0.5, 0.6) is 5.75 Å². The molecule has 0 saturated carbocycles. The molecule has 10 nitrogen and oxygen atoms in total. The summed E-state index contributed by atoms with van der Waals surface area (Å²) in [5, 5.41) is 3.43. The molecule has 3 saturated heterocycles. The van der Waals surface area contributed by atoms with Crippen LogP contribution >= 0.6 is 0 Å². The summed E-state index contributed by atoms with van der Waals surface area (Å²) in [4.78, 5) is 44.3. The topological polar surface area (TPSA) is 94.7 Å². The summed E-state index contributed by atoms with van der Waals surface area (Å²) in [5.41, 5.74) is 1.000. The van der Waals surface area contributed by atoms with E-state index >= 15 is 0 Å². The van der Waals surface area contributed by atoms with Crippen LogP contribution in [0.3, 0.4) is 0 Å². The maximum atomic E-state index is 13.1. The van der Waals surface area contributed by atoms with Gasteiger partial charge in [-0.25, -0.2) is 4.79 Å². The first-order valence-corrected chi connectivity index (χ1v) is 9.53. The van der Waals surface area contributed by atoms with Gasteiger partial charge in [-0.2, -0.15) is 0 Å². The van der Waals surface area contributed by atoms with Crippen molar-refractivity contribution in [3.63, 3.8) is 0 Å². The number of rotatable bonds is 4. The minimum atomic E-state index is -0.625. The molecule has 1 aromatic rings. The summed E-state index contributed by atoms with van der Waals surface area (Å²) < 4.78 is 9.88. The van der Waals surface area contributed by atoms with Crippen molar-refractivity contribution in [3.05, 3.63) is 24.3 Å². The Morgan fingerprint density at radius 1 is 1.17 bits per heavy atom. The first-order chi connectivity index (χ1) is 14.0. The quantitative estimate of drug-likeness (QED) is 0.694. The van der Waals surface area contributed by atoms with Gasteiger partial charge in [-0.05, 0) is 30.7 Å². The lowest BCUT2D eigenvalue weighted by molar-refractivity contribution is -0.149. The molecule has 0 aromatic heterocycles. The largest absolute Gasteiger partial charge is 0.497 e. The molecule has 0 radical (unpaired) electrons. The molecule has 1 aromatic carbocycles. The Hall–Kier alpha value is -2.85. The molecule has 29 heavy (non-hydrogen) atoms. The van der Waals surface area contributed by atoms with Crippen molar-refractivity contribution in [2.45, 2.75) is 24.9 Å². The fraction of sp³-hybridized carbons (Fsp3) is 0.526. The number of benzene rings is 1. The molecule has 0 spiro atoms. The highest BCUT2D eigenvalue weighted by molar-refractivity contribution is 6.02. The van der Waals surface area contributed by atoms with Gasteiger partial charge in [0.25, 0.3) is 5.91 Å². The van der Waals surface area contributed by atoms with E-state index < -0.39 is 24.2 Å². The van der Waals surface area contributed by atoms with Gasteiger partial charge in [0.05, 0.1) is 14.2 Å². The van der Waals surface area contributed by atoms with Crippen LogP contribution in [0.4, 0.5) is 10.5 Å². The second-order valence-corrected chi connectivity index (χ2v) is 7.31. The Kier molecular flexibility index (Phi) is 5.05. The van der Waals surface area contributed by atoms with Crippen LogP contribution in [0.2, 0.25) is 0 Å². The Morgan fingerprint density at radius 3 is 2.55 bits per heavy atom. The lowest BCUT2D eigenvalue weighted by Crippen LogP contribution is -2.67. The van der Waals surface area contributed by atoms with E-state index in [0.717, 1.165) is 29.3 Å². The van der Waals surface area contributed by atoms with Crippen LogP contribution in [-0.4, -0.2) is 92.0 Å². The van der Waals surface area contributed by atoms with E-state index in [4.69, 9.17) is 4.74 Å². The minimum Gasteiger partial charge on any atom is -0.497 e. The summed E-state index contributed by atoms with van der Waals surface area (Å²) in [6.45, 7) is 1.14. The van der Waals surface area contributed by atoms with Crippen molar-refractivity contribution >= 4 is 23.6 Å². The van der Waals surface area contributed by atoms with Gasteiger partial charge in [-0.15, -0.1) is 0 Å². The molecule has 0 aliphatic carbocycles. The number of anilines is 1. The zero-order valence-electron chi connectivity index (χ0n) is 16.7. The number of imide groups is 1. The molecule has 3 unspecified atom stereocenters. The van der Waals surface area contributed by atoms with E-state index in [9.17, 15) is 14.4 Å². The Morgan fingerprint density at radius 2 is 1.90 bits per heavy atom. The van der Waals surface area contributed by atoms with E-state index in [1.54, 1.807) is 14.2 Å². The van der Waals surface area contributed by atoms with Crippen molar-refractivity contribution in [3.8, 4) is 5.75 Å². The van der Waals surface area contributed by atoms with Crippen molar-refractivity contribution in [1.29, 1.82) is 0 Å². The second kappa shape index (κ2) is 7.53. The third kappa shape index (κ3) is 3.18. The highest BCUT2D eigenvalue weighted by Gasteiger charge is 2.56. The predicted molar refractivity (Wildman–Crippen MR) is 103 cm³/mol. The van der Waals surface area contributed by atoms with E-state index in [1.165, 1.54) is 12.0 Å². The van der Waals surface area contributed by atoms with Gasteiger partial charge in [0, 0.05) is 25.8 Å². The number of hydrogen-bond acceptors (Lipinski definition) is 8. The van der Waals surface area contributed by atoms with Gasteiger partial charge in [0.15, 0.2) is 0 Å². The van der Waals surface area contributed by atoms with Gasteiger partial charge in [0.1, 0.15) is 30.8 Å². The number of esters is 1. The van der Waals surface area contributed by atoms with Gasteiger partial charge in [-0.3, -0.25) is 24.7 Å². The molecular weight excluding hydrogens is 378 g/mol.